The van der Waals surface area contributed by atoms with E-state index in [9.17, 15) is 0 Å². The van der Waals surface area contributed by atoms with Crippen molar-refractivity contribution >= 4 is 16.5 Å². The van der Waals surface area contributed by atoms with Crippen LogP contribution in [0.3, 0.4) is 0 Å². The number of aromatic nitrogens is 1. The number of pyridine rings is 1. The molecule has 0 bridgehead atoms. The lowest BCUT2D eigenvalue weighted by atomic mass is 10.1. The number of hydrogen-bond acceptors (Lipinski definition) is 3. The lowest BCUT2D eigenvalue weighted by Crippen LogP contribution is -2.33. The average Bonchev–Trinajstić information content (AvgIpc) is 2.81. The minimum Gasteiger partial charge on any atom is -0.359 e. The first-order valence-corrected chi connectivity index (χ1v) is 5.98. The summed E-state index contributed by atoms with van der Waals surface area (Å²) in [5, 5.41) is 2.22. The number of rotatable bonds is 1. The highest BCUT2D eigenvalue weighted by molar-refractivity contribution is 5.89. The Labute approximate surface area is 112 Å². The fourth-order valence-corrected chi connectivity index (χ4v) is 2.38. The normalized spacial score (nSPS) is 22.1. The Morgan fingerprint density at radius 2 is 2.17 bits per heavy atom. The van der Waals surface area contributed by atoms with Crippen LogP contribution in [-0.2, 0) is 0 Å². The fourth-order valence-electron chi connectivity index (χ4n) is 2.38. The molecule has 2 aromatic rings. The number of fused-ring (bicyclic) bond motifs is 1. The zero-order valence-corrected chi connectivity index (χ0v) is 10.5. The summed E-state index contributed by atoms with van der Waals surface area (Å²) in [7, 11) is 0. The lowest BCUT2D eigenvalue weighted by molar-refractivity contribution is 0.383. The van der Waals surface area contributed by atoms with Crippen LogP contribution >= 0.6 is 0 Å². The summed E-state index contributed by atoms with van der Waals surface area (Å²) in [6.45, 7) is 1.80. The van der Waals surface area contributed by atoms with Crippen LogP contribution in [0.15, 0.2) is 43.0 Å². The third kappa shape index (κ3) is 1.55. The molecule has 0 fully saturated rings. The van der Waals surface area contributed by atoms with Gasteiger partial charge in [-0.15, -0.1) is 0 Å². The molecule has 0 radical (unpaired) electrons. The third-order valence-electron chi connectivity index (χ3n) is 3.53. The van der Waals surface area contributed by atoms with E-state index in [1.165, 1.54) is 4.90 Å². The van der Waals surface area contributed by atoms with Gasteiger partial charge in [-0.1, -0.05) is 6.07 Å². The maximum absolute atomic E-state index is 7.57. The van der Waals surface area contributed by atoms with Gasteiger partial charge in [0.1, 0.15) is 6.17 Å². The highest BCUT2D eigenvalue weighted by Gasteiger charge is 2.21. The molecule has 3 heteroatoms. The van der Waals surface area contributed by atoms with E-state index < -0.39 is 6.98 Å². The molecule has 0 saturated carbocycles. The van der Waals surface area contributed by atoms with E-state index in [0.717, 1.165) is 22.0 Å². The van der Waals surface area contributed by atoms with Crippen LogP contribution in [0.5, 0.6) is 0 Å². The van der Waals surface area contributed by atoms with Gasteiger partial charge in [-0.05, 0) is 36.9 Å². The highest BCUT2D eigenvalue weighted by Crippen LogP contribution is 2.31. The molecule has 1 aliphatic rings. The second-order valence-electron chi connectivity index (χ2n) is 4.55. The van der Waals surface area contributed by atoms with E-state index in [1.54, 1.807) is 12.4 Å². The lowest BCUT2D eigenvalue weighted by Gasteiger charge is -2.28. The molecule has 1 aromatic heterocycles. The zero-order chi connectivity index (χ0) is 15.2. The Bertz CT molecular complexity index is 709. The van der Waals surface area contributed by atoms with E-state index in [2.05, 4.69) is 4.98 Å². The van der Waals surface area contributed by atoms with Crippen LogP contribution in [0.25, 0.3) is 10.8 Å². The van der Waals surface area contributed by atoms with Crippen LogP contribution in [0.1, 0.15) is 16.6 Å². The smallest absolute Gasteiger partial charge is 0.102 e. The monoisotopic (exact) mass is 242 g/mol. The van der Waals surface area contributed by atoms with Gasteiger partial charge in [0.2, 0.25) is 0 Å². The van der Waals surface area contributed by atoms with Crippen molar-refractivity contribution in [2.45, 2.75) is 20.0 Å². The van der Waals surface area contributed by atoms with E-state index in [0.29, 0.717) is 0 Å². The molecule has 0 spiro atoms. The van der Waals surface area contributed by atoms with Crippen molar-refractivity contribution in [1.82, 2.24) is 9.88 Å². The van der Waals surface area contributed by atoms with Crippen molar-refractivity contribution < 1.29 is 4.11 Å². The molecule has 0 unspecified atom stereocenters. The molecule has 1 aliphatic heterocycles. The molecule has 0 amide bonds. The maximum atomic E-state index is 7.57. The summed E-state index contributed by atoms with van der Waals surface area (Å²) in [4.78, 5) is 7.55. The third-order valence-corrected chi connectivity index (χ3v) is 3.53. The largest absolute Gasteiger partial charge is 0.359 e. The molecule has 3 nitrogen and oxygen atoms in total. The minimum absolute atomic E-state index is 0.245. The highest BCUT2D eigenvalue weighted by atomic mass is 15.4. The van der Waals surface area contributed by atoms with Crippen molar-refractivity contribution in [2.24, 2.45) is 0 Å². The summed E-state index contributed by atoms with van der Waals surface area (Å²) in [6, 6.07) is 6.05. The van der Waals surface area contributed by atoms with E-state index in [-0.39, 0.29) is 6.17 Å². The Hall–Kier alpha value is -2.03. The van der Waals surface area contributed by atoms with Crippen molar-refractivity contribution in [1.29, 1.82) is 0 Å². The molecule has 18 heavy (non-hydrogen) atoms. The molecule has 0 saturated heterocycles. The second-order valence-corrected chi connectivity index (χ2v) is 4.55. The molecule has 0 aliphatic carbocycles. The predicted molar refractivity (Wildman–Crippen MR) is 75.3 cm³/mol. The molecule has 2 heterocycles. The maximum Gasteiger partial charge on any atom is 0.102 e. The number of nitrogens with zero attached hydrogens (tertiary/aromatic N) is 3. The van der Waals surface area contributed by atoms with Gasteiger partial charge in [0.05, 0.1) is 0 Å². The number of benzene rings is 1. The van der Waals surface area contributed by atoms with Crippen LogP contribution < -0.4 is 4.90 Å². The van der Waals surface area contributed by atoms with E-state index >= 15 is 0 Å². The Morgan fingerprint density at radius 3 is 2.94 bits per heavy atom. The first kappa shape index (κ1) is 8.14. The quantitative estimate of drug-likeness (QED) is 0.766. The SMILES string of the molecule is [2H]C([2H])([2H])N1C=CN(c2ccc3ccncc3c2C)[C@H]1C. The summed E-state index contributed by atoms with van der Waals surface area (Å²) in [5.74, 6) is 0. The second kappa shape index (κ2) is 4.02. The van der Waals surface area contributed by atoms with Crippen LogP contribution in [-0.4, -0.2) is 23.0 Å². The Morgan fingerprint density at radius 1 is 1.28 bits per heavy atom. The molecule has 3 rings (SSSR count). The molecule has 1 aromatic carbocycles. The first-order valence-electron chi connectivity index (χ1n) is 7.48. The standard InChI is InChI=1S/C15H17N3/c1-11-14-10-16-7-6-13(14)4-5-15(11)18-9-8-17(3)12(18)2/h4-10,12H,1-3H3/t12-/m0/s1/i3D3. The van der Waals surface area contributed by atoms with Crippen LogP contribution in [0.4, 0.5) is 5.69 Å². The van der Waals surface area contributed by atoms with Gasteiger partial charge in [-0.25, -0.2) is 0 Å². The van der Waals surface area contributed by atoms with Gasteiger partial charge in [0, 0.05) is 47.0 Å². The average molecular weight is 242 g/mol. The van der Waals surface area contributed by atoms with Crippen LogP contribution in [0.2, 0.25) is 0 Å². The van der Waals surface area contributed by atoms with Crippen molar-refractivity contribution in [3.8, 4) is 0 Å². The summed E-state index contributed by atoms with van der Waals surface area (Å²) in [6.07, 6.45) is 6.83. The van der Waals surface area contributed by atoms with E-state index in [4.69, 9.17) is 4.11 Å². The van der Waals surface area contributed by atoms with Gasteiger partial charge >= 0.3 is 0 Å². The molecule has 92 valence electrons. The fraction of sp³-hybridized carbons (Fsp3) is 0.267. The molecule has 1 atom stereocenters. The summed E-state index contributed by atoms with van der Waals surface area (Å²) in [5.41, 5.74) is 2.11. The predicted octanol–water partition coefficient (Wildman–Crippen LogP) is 3.11. The molecule has 0 N–H and O–H groups in total. The number of hydrogen-bond donors (Lipinski definition) is 0. The van der Waals surface area contributed by atoms with Gasteiger partial charge in [0.15, 0.2) is 0 Å². The van der Waals surface area contributed by atoms with Crippen molar-refractivity contribution in [3.63, 3.8) is 0 Å². The van der Waals surface area contributed by atoms with Crippen molar-refractivity contribution in [2.75, 3.05) is 11.9 Å². The van der Waals surface area contributed by atoms with Gasteiger partial charge in [-0.3, -0.25) is 4.98 Å². The number of anilines is 1. The zero-order valence-electron chi connectivity index (χ0n) is 13.5. The minimum atomic E-state index is -2.13. The van der Waals surface area contributed by atoms with Gasteiger partial charge in [0.25, 0.3) is 0 Å². The molecular weight excluding hydrogens is 222 g/mol. The molecular formula is C15H17N3. The Kier molecular flexibility index (Phi) is 1.82. The van der Waals surface area contributed by atoms with Gasteiger partial charge < -0.3 is 9.80 Å². The topological polar surface area (TPSA) is 19.4 Å². The number of aryl methyl sites for hydroxylation is 1. The summed E-state index contributed by atoms with van der Waals surface area (Å²) >= 11 is 0. The summed E-state index contributed by atoms with van der Waals surface area (Å²) < 4.78 is 22.7. The van der Waals surface area contributed by atoms with Gasteiger partial charge in [-0.2, -0.15) is 0 Å². The van der Waals surface area contributed by atoms with Crippen LogP contribution in [0, 0.1) is 6.92 Å². The van der Waals surface area contributed by atoms with E-state index in [1.807, 2.05) is 49.3 Å². The first-order chi connectivity index (χ1) is 9.89. The van der Waals surface area contributed by atoms with Crippen molar-refractivity contribution in [3.05, 3.63) is 48.6 Å². The Balaban J connectivity index is 2.03.